The predicted octanol–water partition coefficient (Wildman–Crippen LogP) is 4.03. The number of benzene rings is 1. The van der Waals surface area contributed by atoms with E-state index in [1.165, 1.54) is 18.2 Å². The third kappa shape index (κ3) is 4.51. The number of aromatic amines is 1. The van der Waals surface area contributed by atoms with Gasteiger partial charge in [0, 0.05) is 11.9 Å². The van der Waals surface area contributed by atoms with Crippen molar-refractivity contribution in [1.82, 2.24) is 15.0 Å². The number of ether oxygens (including phenoxy) is 1. The number of H-pyrrole nitrogens is 1. The van der Waals surface area contributed by atoms with E-state index in [2.05, 4.69) is 56.2 Å². The van der Waals surface area contributed by atoms with Crippen molar-refractivity contribution in [3.05, 3.63) is 47.7 Å². The van der Waals surface area contributed by atoms with Gasteiger partial charge in [0.2, 0.25) is 5.95 Å². The first kappa shape index (κ1) is 17.3. The second-order valence-corrected chi connectivity index (χ2v) is 6.63. The number of aromatic nitrogens is 3. The Hall–Kier alpha value is -2.54. The van der Waals surface area contributed by atoms with E-state index in [1.54, 1.807) is 11.8 Å². The summed E-state index contributed by atoms with van der Waals surface area (Å²) in [6.45, 7) is 2.13. The molecular weight excluding hydrogens is 336 g/mol. The van der Waals surface area contributed by atoms with Crippen LogP contribution in [0.25, 0.3) is 11.0 Å². The molecule has 0 bridgehead atoms. The Morgan fingerprint density at radius 2 is 2.12 bits per heavy atom. The quantitative estimate of drug-likeness (QED) is 0.652. The van der Waals surface area contributed by atoms with Crippen LogP contribution in [0.15, 0.2) is 41.6 Å². The highest BCUT2D eigenvalue weighted by Gasteiger charge is 2.07. The van der Waals surface area contributed by atoms with Gasteiger partial charge in [0.05, 0.1) is 23.2 Å². The molecule has 2 N–H and O–H groups in total. The summed E-state index contributed by atoms with van der Waals surface area (Å²) in [6.07, 6.45) is 3.33. The van der Waals surface area contributed by atoms with E-state index in [-0.39, 0.29) is 0 Å². The number of nitrogens with zero attached hydrogens (tertiary/aromatic N) is 2. The zero-order chi connectivity index (χ0) is 17.6. The van der Waals surface area contributed by atoms with Crippen molar-refractivity contribution in [2.24, 2.45) is 0 Å². The van der Waals surface area contributed by atoms with Crippen molar-refractivity contribution in [3.63, 3.8) is 0 Å². The summed E-state index contributed by atoms with van der Waals surface area (Å²) in [5, 5.41) is 3.58. The number of hydrogen-bond acceptors (Lipinski definition) is 5. The van der Waals surface area contributed by atoms with E-state index in [1.807, 2.05) is 12.3 Å². The summed E-state index contributed by atoms with van der Waals surface area (Å²) in [5.41, 5.74) is 4.16. The van der Waals surface area contributed by atoms with Crippen LogP contribution in [0.1, 0.15) is 18.1 Å². The number of thioether (sulfide) groups is 1. The van der Waals surface area contributed by atoms with Gasteiger partial charge < -0.3 is 9.72 Å². The van der Waals surface area contributed by atoms with Crippen LogP contribution in [0.5, 0.6) is 0 Å². The molecule has 0 saturated carbocycles. The normalized spacial score (nSPS) is 10.8. The van der Waals surface area contributed by atoms with Gasteiger partial charge >= 0.3 is 6.09 Å². The molecule has 3 rings (SSSR count). The van der Waals surface area contributed by atoms with Crippen LogP contribution in [0, 0.1) is 0 Å². The molecular formula is C18H20N4O2S. The van der Waals surface area contributed by atoms with E-state index in [4.69, 9.17) is 0 Å². The third-order valence-electron chi connectivity index (χ3n) is 3.80. The first-order chi connectivity index (χ1) is 12.2. The van der Waals surface area contributed by atoms with Crippen molar-refractivity contribution >= 4 is 34.8 Å². The van der Waals surface area contributed by atoms with E-state index < -0.39 is 6.09 Å². The number of carbonyl (C=O) groups excluding carboxylic acids is 1. The van der Waals surface area contributed by atoms with Crippen LogP contribution in [-0.2, 0) is 17.6 Å². The summed E-state index contributed by atoms with van der Waals surface area (Å²) in [6, 6.07) is 10.3. The molecule has 25 heavy (non-hydrogen) atoms. The standard InChI is InChI=1S/C18H20N4O2S/c1-3-12-5-7-16(19-11-12)25-9-8-13-4-6-14-15(10-13)21-17(20-14)22-18(23)24-2/h4-7,10-11H,3,8-9H2,1-2H3,(H2,20,21,22,23). The largest absolute Gasteiger partial charge is 0.453 e. The molecule has 130 valence electrons. The fourth-order valence-corrected chi connectivity index (χ4v) is 3.24. The highest BCUT2D eigenvalue weighted by atomic mass is 32.2. The van der Waals surface area contributed by atoms with Crippen molar-refractivity contribution in [3.8, 4) is 0 Å². The first-order valence-electron chi connectivity index (χ1n) is 8.09. The Balaban J connectivity index is 1.60. The zero-order valence-corrected chi connectivity index (χ0v) is 15.0. The number of aryl methyl sites for hydroxylation is 2. The van der Waals surface area contributed by atoms with Crippen molar-refractivity contribution in [1.29, 1.82) is 0 Å². The van der Waals surface area contributed by atoms with Crippen LogP contribution in [0.2, 0.25) is 0 Å². The molecule has 3 aromatic rings. The minimum absolute atomic E-state index is 0.383. The molecule has 0 radical (unpaired) electrons. The molecule has 0 atom stereocenters. The SMILES string of the molecule is CCc1ccc(SCCc2ccc3nc(NC(=O)OC)[nH]c3c2)nc1. The lowest BCUT2D eigenvalue weighted by Gasteiger charge is -2.03. The van der Waals surface area contributed by atoms with Gasteiger partial charge in [-0.25, -0.2) is 14.8 Å². The highest BCUT2D eigenvalue weighted by Crippen LogP contribution is 2.20. The van der Waals surface area contributed by atoms with Crippen LogP contribution in [0.4, 0.5) is 10.7 Å². The minimum atomic E-state index is -0.544. The highest BCUT2D eigenvalue weighted by molar-refractivity contribution is 7.99. The molecule has 0 aliphatic heterocycles. The van der Waals surface area contributed by atoms with Gasteiger partial charge in [-0.15, -0.1) is 11.8 Å². The Labute approximate surface area is 150 Å². The monoisotopic (exact) mass is 356 g/mol. The molecule has 1 amide bonds. The maximum atomic E-state index is 11.2. The second kappa shape index (κ2) is 8.02. The van der Waals surface area contributed by atoms with Gasteiger partial charge in [0.1, 0.15) is 0 Å². The van der Waals surface area contributed by atoms with Crippen molar-refractivity contribution < 1.29 is 9.53 Å². The number of fused-ring (bicyclic) bond motifs is 1. The average Bonchev–Trinajstić information content (AvgIpc) is 3.03. The molecule has 6 nitrogen and oxygen atoms in total. The Bertz CT molecular complexity index is 861. The number of anilines is 1. The van der Waals surface area contributed by atoms with E-state index >= 15 is 0 Å². The molecule has 0 aliphatic carbocycles. The van der Waals surface area contributed by atoms with Gasteiger partial charge in [0.15, 0.2) is 0 Å². The van der Waals surface area contributed by atoms with Gasteiger partial charge in [-0.2, -0.15) is 0 Å². The summed E-state index contributed by atoms with van der Waals surface area (Å²) < 4.78 is 4.56. The van der Waals surface area contributed by atoms with E-state index in [0.717, 1.165) is 34.7 Å². The van der Waals surface area contributed by atoms with Crippen LogP contribution in [-0.4, -0.2) is 33.9 Å². The number of nitrogens with one attached hydrogen (secondary N) is 2. The van der Waals surface area contributed by atoms with Crippen LogP contribution in [0.3, 0.4) is 0 Å². The Kier molecular flexibility index (Phi) is 5.55. The van der Waals surface area contributed by atoms with Crippen molar-refractivity contribution in [2.45, 2.75) is 24.8 Å². The molecule has 0 saturated heterocycles. The fourth-order valence-electron chi connectivity index (χ4n) is 2.40. The summed E-state index contributed by atoms with van der Waals surface area (Å²) in [7, 11) is 1.32. The topological polar surface area (TPSA) is 79.9 Å². The zero-order valence-electron chi connectivity index (χ0n) is 14.2. The van der Waals surface area contributed by atoms with Crippen molar-refractivity contribution in [2.75, 3.05) is 18.2 Å². The average molecular weight is 356 g/mol. The maximum absolute atomic E-state index is 11.2. The lowest BCUT2D eigenvalue weighted by Crippen LogP contribution is -2.11. The second-order valence-electron chi connectivity index (χ2n) is 5.51. The first-order valence-corrected chi connectivity index (χ1v) is 9.08. The van der Waals surface area contributed by atoms with Crippen LogP contribution < -0.4 is 5.32 Å². The lowest BCUT2D eigenvalue weighted by molar-refractivity contribution is 0.186. The molecule has 2 aromatic heterocycles. The number of rotatable bonds is 6. The lowest BCUT2D eigenvalue weighted by atomic mass is 10.1. The molecule has 1 aromatic carbocycles. The summed E-state index contributed by atoms with van der Waals surface area (Å²) in [4.78, 5) is 23.1. The number of pyridine rings is 1. The van der Waals surface area contributed by atoms with Crippen LogP contribution >= 0.6 is 11.8 Å². The molecule has 0 fully saturated rings. The number of amides is 1. The van der Waals surface area contributed by atoms with Gasteiger partial charge in [0.25, 0.3) is 0 Å². The smallest absolute Gasteiger partial charge is 0.413 e. The molecule has 0 spiro atoms. The summed E-state index contributed by atoms with van der Waals surface area (Å²) >= 11 is 1.75. The summed E-state index contributed by atoms with van der Waals surface area (Å²) in [5.74, 6) is 1.33. The molecule has 0 aliphatic rings. The molecule has 0 unspecified atom stereocenters. The van der Waals surface area contributed by atoms with Gasteiger partial charge in [-0.1, -0.05) is 19.1 Å². The minimum Gasteiger partial charge on any atom is -0.453 e. The maximum Gasteiger partial charge on any atom is 0.413 e. The van der Waals surface area contributed by atoms with E-state index in [0.29, 0.717) is 5.95 Å². The number of hydrogen-bond donors (Lipinski definition) is 2. The number of methoxy groups -OCH3 is 1. The fraction of sp³-hybridized carbons (Fsp3) is 0.278. The number of imidazole rings is 1. The number of carbonyl (C=O) groups is 1. The predicted molar refractivity (Wildman–Crippen MR) is 100 cm³/mol. The molecule has 2 heterocycles. The molecule has 7 heteroatoms. The van der Waals surface area contributed by atoms with E-state index in [9.17, 15) is 4.79 Å². The van der Waals surface area contributed by atoms with Gasteiger partial charge in [-0.3, -0.25) is 5.32 Å². The van der Waals surface area contributed by atoms with Gasteiger partial charge in [-0.05, 0) is 42.2 Å². The Morgan fingerprint density at radius 3 is 2.84 bits per heavy atom. The third-order valence-corrected chi connectivity index (χ3v) is 4.74. The Morgan fingerprint density at radius 1 is 1.28 bits per heavy atom.